The van der Waals surface area contributed by atoms with Gasteiger partial charge in [0.1, 0.15) is 0 Å². The summed E-state index contributed by atoms with van der Waals surface area (Å²) < 4.78 is 3.73. The van der Waals surface area contributed by atoms with Crippen molar-refractivity contribution in [2.24, 2.45) is 0 Å². The third-order valence-electron chi connectivity index (χ3n) is 13.4. The van der Waals surface area contributed by atoms with Crippen LogP contribution in [-0.2, 0) is 16.2 Å². The molecule has 1 N–H and O–H groups in total. The molecule has 9 rings (SSSR count). The van der Waals surface area contributed by atoms with Crippen LogP contribution in [0.2, 0.25) is 17.3 Å². The van der Waals surface area contributed by atoms with Gasteiger partial charge in [0.05, 0.1) is 0 Å². The number of benzene rings is 7. The maximum absolute atomic E-state index is 12.8. The number of hydrogen-bond donors (Lipinski definition) is 1. The molecular weight excluding hydrogens is 887 g/mol. The third kappa shape index (κ3) is 9.23. The number of pyridine rings is 1. The number of nitrogens with zero attached hydrogens (tertiary/aromatic N) is 3. The van der Waals surface area contributed by atoms with Gasteiger partial charge in [-0.3, -0.25) is 0 Å². The van der Waals surface area contributed by atoms with Crippen LogP contribution in [0.25, 0.3) is 83.9 Å². The first-order valence-corrected chi connectivity index (χ1v) is 31.4. The second-order valence-corrected chi connectivity index (χ2v) is 33.3. The summed E-state index contributed by atoms with van der Waals surface area (Å²) in [5, 5.41) is 12.8. The normalized spacial score (nSPS) is 12.5. The predicted octanol–water partition coefficient (Wildman–Crippen LogP) is 16.6. The summed E-state index contributed by atoms with van der Waals surface area (Å²) >= 11 is -2.61. The standard InChI is InChI=1S/C63H65GeN3O/c1-61(2,3)48-33-46(32-47(34-48)55-36-45(30-31-65-55)42-24-18-14-19-25-42)52-39-50(64(10,11)12)40-57-58(52)66-60(53-37-49(62(4,5)6)38-54(59(53)68)63(7,8)9)67(57)56-29-28-44(41-22-16-13-17-23-41)35-51(56)43-26-20-15-21-27-43/h13-40,68H,1-12H3. The van der Waals surface area contributed by atoms with E-state index in [0.29, 0.717) is 5.82 Å². The molecule has 0 aliphatic rings. The number of phenols is 1. The van der Waals surface area contributed by atoms with Crippen LogP contribution in [0.3, 0.4) is 0 Å². The second-order valence-electron chi connectivity index (χ2n) is 22.6. The van der Waals surface area contributed by atoms with E-state index in [1.807, 2.05) is 6.20 Å². The summed E-state index contributed by atoms with van der Waals surface area (Å²) in [4.78, 5) is 10.8. The number of aromatic nitrogens is 3. The Morgan fingerprint density at radius 1 is 0.456 bits per heavy atom. The number of hydrogen-bond acceptors (Lipinski definition) is 3. The van der Waals surface area contributed by atoms with Crippen molar-refractivity contribution in [1.29, 1.82) is 0 Å². The van der Waals surface area contributed by atoms with Gasteiger partial charge in [-0.1, -0.05) is 6.07 Å². The van der Waals surface area contributed by atoms with Gasteiger partial charge in [0, 0.05) is 0 Å². The van der Waals surface area contributed by atoms with Crippen molar-refractivity contribution in [2.45, 2.75) is 95.8 Å². The summed E-state index contributed by atoms with van der Waals surface area (Å²) in [6, 6.07) is 59.2. The van der Waals surface area contributed by atoms with Crippen molar-refractivity contribution in [3.63, 3.8) is 0 Å². The van der Waals surface area contributed by atoms with Gasteiger partial charge >= 0.3 is 403 Å². The number of aromatic hydroxyl groups is 1. The van der Waals surface area contributed by atoms with E-state index in [0.717, 1.165) is 89.2 Å². The van der Waals surface area contributed by atoms with Gasteiger partial charge in [-0.2, -0.15) is 0 Å². The molecule has 7 aromatic carbocycles. The Labute approximate surface area is 407 Å². The summed E-state index contributed by atoms with van der Waals surface area (Å²) in [5.74, 6) is 8.40. The summed E-state index contributed by atoms with van der Waals surface area (Å²) in [5.41, 5.74) is 17.2. The first kappa shape index (κ1) is 46.6. The molecule has 0 spiro atoms. The quantitative estimate of drug-likeness (QED) is 0.154. The van der Waals surface area contributed by atoms with Gasteiger partial charge < -0.3 is 0 Å². The third-order valence-corrected chi connectivity index (χ3v) is 17.6. The van der Waals surface area contributed by atoms with Crippen LogP contribution in [-0.4, -0.2) is 32.9 Å². The van der Waals surface area contributed by atoms with Gasteiger partial charge in [0.2, 0.25) is 0 Å². The van der Waals surface area contributed by atoms with Crippen LogP contribution in [0, 0.1) is 0 Å². The molecule has 0 fully saturated rings. The van der Waals surface area contributed by atoms with Crippen LogP contribution in [0.15, 0.2) is 170 Å². The summed E-state index contributed by atoms with van der Waals surface area (Å²) in [6.45, 7) is 20.2. The van der Waals surface area contributed by atoms with E-state index in [1.54, 1.807) is 0 Å². The summed E-state index contributed by atoms with van der Waals surface area (Å²) in [6.07, 6.45) is 1.93. The van der Waals surface area contributed by atoms with Gasteiger partial charge in [-0.25, -0.2) is 0 Å². The molecule has 0 aliphatic carbocycles. The summed E-state index contributed by atoms with van der Waals surface area (Å²) in [7, 11) is 0. The van der Waals surface area contributed by atoms with Crippen molar-refractivity contribution in [1.82, 2.24) is 14.5 Å². The second kappa shape index (κ2) is 17.5. The molecule has 0 saturated heterocycles. The van der Waals surface area contributed by atoms with E-state index in [9.17, 15) is 5.11 Å². The number of phenolic OH excluding ortho intramolecular Hbond substituents is 1. The molecule has 2 aromatic heterocycles. The van der Waals surface area contributed by atoms with Crippen molar-refractivity contribution >= 4 is 28.7 Å². The first-order chi connectivity index (χ1) is 32.1. The van der Waals surface area contributed by atoms with E-state index < -0.39 is 13.3 Å². The molecule has 4 nitrogen and oxygen atoms in total. The van der Waals surface area contributed by atoms with Gasteiger partial charge in [-0.15, -0.1) is 0 Å². The zero-order chi connectivity index (χ0) is 48.3. The fraction of sp³-hybridized carbons (Fsp3) is 0.238. The maximum atomic E-state index is 12.8. The molecule has 0 bridgehead atoms. The molecule has 0 atom stereocenters. The molecule has 0 saturated carbocycles. The first-order valence-electron chi connectivity index (χ1n) is 24.0. The van der Waals surface area contributed by atoms with Crippen LogP contribution < -0.4 is 4.40 Å². The zero-order valence-corrected chi connectivity index (χ0v) is 44.1. The Hall–Kier alpha value is -6.50. The van der Waals surface area contributed by atoms with Crippen LogP contribution in [0.4, 0.5) is 0 Å². The number of imidazole rings is 1. The molecule has 2 heterocycles. The monoisotopic (exact) mass is 953 g/mol. The van der Waals surface area contributed by atoms with E-state index in [4.69, 9.17) is 9.97 Å². The Balaban J connectivity index is 1.43. The van der Waals surface area contributed by atoms with Gasteiger partial charge in [0.25, 0.3) is 0 Å². The Bertz CT molecular complexity index is 3300. The minimum atomic E-state index is -2.61. The van der Waals surface area contributed by atoms with E-state index in [2.05, 4.69) is 248 Å². The van der Waals surface area contributed by atoms with Crippen molar-refractivity contribution in [3.05, 3.63) is 187 Å². The van der Waals surface area contributed by atoms with Gasteiger partial charge in [0.15, 0.2) is 0 Å². The molecule has 0 aliphatic heterocycles. The average molecular weight is 953 g/mol. The SMILES string of the molecule is CC(C)(C)c1cc(-c2cc(-c3ccccc3)ccn2)cc(-c2c[c]([Ge]([CH3])([CH3])[CH3])cc3c2nc(-c2cc(C(C)(C)C)cc(C(C)(C)C)c2O)n3-c2ccc(-c3ccccc3)cc2-c2ccccc2)c1. The van der Waals surface area contributed by atoms with Crippen LogP contribution >= 0.6 is 0 Å². The Morgan fingerprint density at radius 3 is 1.59 bits per heavy atom. The van der Waals surface area contributed by atoms with E-state index >= 15 is 0 Å². The predicted molar refractivity (Wildman–Crippen MR) is 292 cm³/mol. The van der Waals surface area contributed by atoms with E-state index in [1.165, 1.54) is 9.96 Å². The van der Waals surface area contributed by atoms with Crippen molar-refractivity contribution < 1.29 is 5.11 Å². The van der Waals surface area contributed by atoms with Crippen molar-refractivity contribution in [3.8, 4) is 78.6 Å². The zero-order valence-electron chi connectivity index (χ0n) is 42.0. The minimum absolute atomic E-state index is 0.154. The molecule has 5 heteroatoms. The van der Waals surface area contributed by atoms with E-state index in [-0.39, 0.29) is 22.0 Å². The van der Waals surface area contributed by atoms with Gasteiger partial charge in [-0.05, 0) is 0 Å². The molecule has 9 aromatic rings. The Kier molecular flexibility index (Phi) is 12.0. The molecule has 68 heavy (non-hydrogen) atoms. The number of rotatable bonds is 8. The van der Waals surface area contributed by atoms with Crippen molar-refractivity contribution in [2.75, 3.05) is 0 Å². The fourth-order valence-electron chi connectivity index (χ4n) is 9.22. The average Bonchev–Trinajstić information content (AvgIpc) is 3.69. The van der Waals surface area contributed by atoms with Crippen LogP contribution in [0.1, 0.15) is 79.0 Å². The molecule has 342 valence electrons. The molecule has 0 amide bonds. The fourth-order valence-corrected chi connectivity index (χ4v) is 11.6. The topological polar surface area (TPSA) is 50.9 Å². The number of fused-ring (bicyclic) bond motifs is 1. The molecule has 0 unspecified atom stereocenters. The molecule has 0 radical (unpaired) electrons. The Morgan fingerprint density at radius 2 is 1.01 bits per heavy atom. The molecular formula is C63H65GeN3O. The van der Waals surface area contributed by atoms with Crippen LogP contribution in [0.5, 0.6) is 5.75 Å².